The van der Waals surface area contributed by atoms with E-state index in [-0.39, 0.29) is 0 Å². The van der Waals surface area contributed by atoms with Gasteiger partial charge >= 0.3 is 0 Å². The van der Waals surface area contributed by atoms with E-state index in [1.807, 2.05) is 42.3 Å². The molecule has 1 aromatic heterocycles. The van der Waals surface area contributed by atoms with E-state index in [2.05, 4.69) is 21.8 Å². The molecule has 2 aromatic rings. The minimum Gasteiger partial charge on any atom is -0.369 e. The Balaban J connectivity index is 2.04. The molecule has 3 nitrogen and oxygen atoms in total. The van der Waals surface area contributed by atoms with Gasteiger partial charge in [0.05, 0.1) is 5.69 Å². The van der Waals surface area contributed by atoms with Crippen molar-refractivity contribution in [1.82, 2.24) is 4.90 Å². The Morgan fingerprint density at radius 2 is 2.06 bits per heavy atom. The predicted octanol–water partition coefficient (Wildman–Crippen LogP) is 2.83. The fraction of sp³-hybridized carbons (Fsp3) is 0.154. The third-order valence-electron chi connectivity index (χ3n) is 2.39. The molecule has 0 saturated heterocycles. The maximum absolute atomic E-state index is 5.95. The van der Waals surface area contributed by atoms with Crippen molar-refractivity contribution in [2.24, 2.45) is 10.7 Å². The molecule has 1 heterocycles. The summed E-state index contributed by atoms with van der Waals surface area (Å²) in [5, 5.41) is 4.18. The van der Waals surface area contributed by atoms with E-state index in [1.54, 1.807) is 11.3 Å². The van der Waals surface area contributed by atoms with Crippen LogP contribution in [-0.2, 0) is 6.54 Å². The van der Waals surface area contributed by atoms with Gasteiger partial charge in [0.1, 0.15) is 0 Å². The van der Waals surface area contributed by atoms with Crippen molar-refractivity contribution in [1.29, 1.82) is 0 Å². The molecule has 0 fully saturated rings. The van der Waals surface area contributed by atoms with Crippen LogP contribution in [0.4, 0.5) is 5.69 Å². The summed E-state index contributed by atoms with van der Waals surface area (Å²) >= 11 is 1.69. The number of aliphatic imine (C=N–C) groups is 1. The van der Waals surface area contributed by atoms with Gasteiger partial charge in [-0.3, -0.25) is 0 Å². The summed E-state index contributed by atoms with van der Waals surface area (Å²) in [5.41, 5.74) is 8.08. The molecule has 0 amide bonds. The predicted molar refractivity (Wildman–Crippen MR) is 73.5 cm³/mol. The molecule has 0 aliphatic rings. The molecule has 0 aliphatic heterocycles. The topological polar surface area (TPSA) is 41.6 Å². The number of hydrogen-bond donors (Lipinski definition) is 1. The molecule has 88 valence electrons. The maximum Gasteiger partial charge on any atom is 0.196 e. The van der Waals surface area contributed by atoms with Gasteiger partial charge in [-0.05, 0) is 34.5 Å². The highest BCUT2D eigenvalue weighted by atomic mass is 32.1. The Bertz CT molecular complexity index is 477. The van der Waals surface area contributed by atoms with E-state index in [4.69, 9.17) is 5.73 Å². The summed E-state index contributed by atoms with van der Waals surface area (Å²) < 4.78 is 0. The Morgan fingerprint density at radius 3 is 2.71 bits per heavy atom. The summed E-state index contributed by atoms with van der Waals surface area (Å²) in [5.74, 6) is 0.530. The molecule has 2 N–H and O–H groups in total. The van der Waals surface area contributed by atoms with Gasteiger partial charge in [-0.15, -0.1) is 0 Å². The van der Waals surface area contributed by atoms with Crippen LogP contribution in [0.3, 0.4) is 0 Å². The van der Waals surface area contributed by atoms with Crippen molar-refractivity contribution >= 4 is 23.0 Å². The quantitative estimate of drug-likeness (QED) is 0.667. The Kier molecular flexibility index (Phi) is 3.77. The number of guanidine groups is 1. The standard InChI is InChI=1S/C13H15N3S/c1-16(9-11-7-8-17-10-11)13(14)15-12-5-3-2-4-6-12/h2-8,10H,9H2,1H3,(H2,14,15). The van der Waals surface area contributed by atoms with Gasteiger partial charge in [-0.2, -0.15) is 11.3 Å². The second-order valence-electron chi connectivity index (χ2n) is 3.79. The van der Waals surface area contributed by atoms with Gasteiger partial charge in [-0.25, -0.2) is 4.99 Å². The lowest BCUT2D eigenvalue weighted by Gasteiger charge is -2.17. The van der Waals surface area contributed by atoms with Crippen LogP contribution in [0.5, 0.6) is 0 Å². The molecule has 4 heteroatoms. The van der Waals surface area contributed by atoms with Crippen LogP contribution in [0.2, 0.25) is 0 Å². The van der Waals surface area contributed by atoms with Crippen LogP contribution in [0.15, 0.2) is 52.2 Å². The zero-order valence-corrected chi connectivity index (χ0v) is 10.5. The second-order valence-corrected chi connectivity index (χ2v) is 4.57. The molecule has 0 spiro atoms. The van der Waals surface area contributed by atoms with E-state index in [9.17, 15) is 0 Å². The summed E-state index contributed by atoms with van der Waals surface area (Å²) in [6, 6.07) is 11.8. The third kappa shape index (κ3) is 3.32. The monoisotopic (exact) mass is 245 g/mol. The lowest BCUT2D eigenvalue weighted by molar-refractivity contribution is 0.496. The smallest absolute Gasteiger partial charge is 0.196 e. The summed E-state index contributed by atoms with van der Waals surface area (Å²) in [6.45, 7) is 0.783. The van der Waals surface area contributed by atoms with Gasteiger partial charge in [0.2, 0.25) is 0 Å². The second kappa shape index (κ2) is 5.50. The van der Waals surface area contributed by atoms with Crippen molar-refractivity contribution in [2.75, 3.05) is 7.05 Å². The first-order valence-electron chi connectivity index (χ1n) is 5.37. The number of para-hydroxylation sites is 1. The molecule has 17 heavy (non-hydrogen) atoms. The zero-order valence-electron chi connectivity index (χ0n) is 9.71. The highest BCUT2D eigenvalue weighted by molar-refractivity contribution is 7.07. The minimum atomic E-state index is 0.530. The maximum atomic E-state index is 5.95. The number of nitrogens with two attached hydrogens (primary N) is 1. The molecular weight excluding hydrogens is 230 g/mol. The summed E-state index contributed by atoms with van der Waals surface area (Å²) in [7, 11) is 1.94. The van der Waals surface area contributed by atoms with Gasteiger partial charge < -0.3 is 10.6 Å². The normalized spacial score (nSPS) is 11.5. The highest BCUT2D eigenvalue weighted by Gasteiger charge is 2.03. The SMILES string of the molecule is CN(Cc1ccsc1)C(N)=Nc1ccccc1. The molecule has 0 saturated carbocycles. The molecule has 0 aliphatic carbocycles. The van der Waals surface area contributed by atoms with Crippen molar-refractivity contribution in [2.45, 2.75) is 6.54 Å². The molecular formula is C13H15N3S. The van der Waals surface area contributed by atoms with E-state index in [1.165, 1.54) is 5.56 Å². The van der Waals surface area contributed by atoms with E-state index < -0.39 is 0 Å². The summed E-state index contributed by atoms with van der Waals surface area (Å²) in [6.07, 6.45) is 0. The first-order valence-corrected chi connectivity index (χ1v) is 6.31. The van der Waals surface area contributed by atoms with E-state index in [0.29, 0.717) is 5.96 Å². The largest absolute Gasteiger partial charge is 0.369 e. The van der Waals surface area contributed by atoms with Crippen LogP contribution < -0.4 is 5.73 Å². The lowest BCUT2D eigenvalue weighted by Crippen LogP contribution is -2.33. The van der Waals surface area contributed by atoms with Crippen LogP contribution in [0, 0.1) is 0 Å². The van der Waals surface area contributed by atoms with Crippen molar-refractivity contribution in [3.8, 4) is 0 Å². The first kappa shape index (κ1) is 11.7. The fourth-order valence-corrected chi connectivity index (χ4v) is 2.12. The lowest BCUT2D eigenvalue weighted by atomic mass is 10.3. The van der Waals surface area contributed by atoms with E-state index >= 15 is 0 Å². The molecule has 2 rings (SSSR count). The molecule has 0 atom stereocenters. The molecule has 0 radical (unpaired) electrons. The van der Waals surface area contributed by atoms with Gasteiger partial charge in [0, 0.05) is 13.6 Å². The minimum absolute atomic E-state index is 0.530. The van der Waals surface area contributed by atoms with Gasteiger partial charge in [0.25, 0.3) is 0 Å². The number of thiophene rings is 1. The number of hydrogen-bond acceptors (Lipinski definition) is 2. The van der Waals surface area contributed by atoms with Crippen LogP contribution >= 0.6 is 11.3 Å². The Hall–Kier alpha value is -1.81. The number of benzene rings is 1. The van der Waals surface area contributed by atoms with Crippen molar-refractivity contribution < 1.29 is 0 Å². The average molecular weight is 245 g/mol. The highest BCUT2D eigenvalue weighted by Crippen LogP contribution is 2.12. The average Bonchev–Trinajstić information content (AvgIpc) is 2.83. The third-order valence-corrected chi connectivity index (χ3v) is 3.12. The number of rotatable bonds is 3. The van der Waals surface area contributed by atoms with Crippen LogP contribution in [-0.4, -0.2) is 17.9 Å². The fourth-order valence-electron chi connectivity index (χ4n) is 1.46. The Morgan fingerprint density at radius 1 is 1.29 bits per heavy atom. The van der Waals surface area contributed by atoms with Crippen molar-refractivity contribution in [3.05, 3.63) is 52.7 Å². The molecule has 0 bridgehead atoms. The van der Waals surface area contributed by atoms with Crippen LogP contribution in [0.1, 0.15) is 5.56 Å². The Labute approximate surface area is 105 Å². The zero-order chi connectivity index (χ0) is 12.1. The molecule has 1 aromatic carbocycles. The molecule has 0 unspecified atom stereocenters. The number of nitrogens with zero attached hydrogens (tertiary/aromatic N) is 2. The first-order chi connectivity index (χ1) is 8.25. The van der Waals surface area contributed by atoms with Crippen LogP contribution in [0.25, 0.3) is 0 Å². The summed E-state index contributed by atoms with van der Waals surface area (Å²) in [4.78, 5) is 6.30. The van der Waals surface area contributed by atoms with Crippen molar-refractivity contribution in [3.63, 3.8) is 0 Å². The van der Waals surface area contributed by atoms with Gasteiger partial charge in [0.15, 0.2) is 5.96 Å². The van der Waals surface area contributed by atoms with E-state index in [0.717, 1.165) is 12.2 Å². The van der Waals surface area contributed by atoms with Gasteiger partial charge in [-0.1, -0.05) is 18.2 Å².